The molecule has 1 nitrogen and oxygen atoms in total. The molecule has 0 aliphatic carbocycles. The van der Waals surface area contributed by atoms with Crippen LogP contribution in [0.1, 0.15) is 5.56 Å². The van der Waals surface area contributed by atoms with E-state index in [2.05, 4.69) is 5.32 Å². The Morgan fingerprint density at radius 2 is 2.07 bits per heavy atom. The zero-order valence-corrected chi connectivity index (χ0v) is 8.19. The van der Waals surface area contributed by atoms with Crippen LogP contribution in [0.15, 0.2) is 24.3 Å². The summed E-state index contributed by atoms with van der Waals surface area (Å²) in [4.78, 5) is 0. The molecule has 14 heavy (non-hydrogen) atoms. The van der Waals surface area contributed by atoms with E-state index in [-0.39, 0.29) is 5.56 Å². The van der Waals surface area contributed by atoms with E-state index in [9.17, 15) is 8.78 Å². The average Bonchev–Trinajstić information content (AvgIpc) is 2.00. The Balaban J connectivity index is 2.28. The Hall–Kier alpha value is -0.670. The first-order chi connectivity index (χ1) is 6.60. The Labute approximate surface area is 86.1 Å². The largest absolute Gasteiger partial charge is 0.316 e. The van der Waals surface area contributed by atoms with Crippen LogP contribution in [0.5, 0.6) is 0 Å². The Morgan fingerprint density at radius 1 is 1.36 bits per heavy atom. The lowest BCUT2D eigenvalue weighted by molar-refractivity contribution is -0.0834. The molecule has 0 radical (unpaired) electrons. The molecule has 0 spiro atoms. The number of benzene rings is 1. The van der Waals surface area contributed by atoms with Crippen LogP contribution in [0.2, 0.25) is 5.02 Å². The van der Waals surface area contributed by atoms with Gasteiger partial charge in [-0.25, -0.2) is 8.78 Å². The number of halogens is 3. The van der Waals surface area contributed by atoms with Gasteiger partial charge in [-0.3, -0.25) is 0 Å². The standard InChI is InChI=1S/C10H10ClF2N/c11-9-3-1-2-7(4-9)10(12,13)8-5-14-6-8/h1-4,8,14H,5-6H2. The van der Waals surface area contributed by atoms with Gasteiger partial charge in [0, 0.05) is 23.7 Å². The SMILES string of the molecule is FC(F)(c1cccc(Cl)c1)C1CNC1. The van der Waals surface area contributed by atoms with E-state index in [4.69, 9.17) is 11.6 Å². The lowest BCUT2D eigenvalue weighted by Gasteiger charge is -2.34. The predicted octanol–water partition coefficient (Wildman–Crippen LogP) is 2.65. The fourth-order valence-electron chi connectivity index (χ4n) is 1.48. The van der Waals surface area contributed by atoms with Crippen molar-refractivity contribution < 1.29 is 8.78 Å². The van der Waals surface area contributed by atoms with Crippen molar-refractivity contribution in [1.29, 1.82) is 0 Å². The van der Waals surface area contributed by atoms with Crippen molar-refractivity contribution in [3.8, 4) is 0 Å². The molecule has 1 aliphatic rings. The number of rotatable bonds is 2. The van der Waals surface area contributed by atoms with Crippen LogP contribution < -0.4 is 5.32 Å². The molecule has 0 aromatic heterocycles. The maximum absolute atomic E-state index is 13.7. The van der Waals surface area contributed by atoms with E-state index in [0.29, 0.717) is 18.1 Å². The molecule has 0 saturated carbocycles. The molecular weight excluding hydrogens is 208 g/mol. The van der Waals surface area contributed by atoms with Crippen LogP contribution in [-0.4, -0.2) is 13.1 Å². The lowest BCUT2D eigenvalue weighted by atomic mass is 9.90. The monoisotopic (exact) mass is 217 g/mol. The predicted molar refractivity (Wildman–Crippen MR) is 51.7 cm³/mol. The van der Waals surface area contributed by atoms with Crippen molar-refractivity contribution in [2.45, 2.75) is 5.92 Å². The smallest absolute Gasteiger partial charge is 0.278 e. The van der Waals surface area contributed by atoms with Gasteiger partial charge in [-0.2, -0.15) is 0 Å². The summed E-state index contributed by atoms with van der Waals surface area (Å²) < 4.78 is 27.4. The van der Waals surface area contributed by atoms with E-state index >= 15 is 0 Å². The highest BCUT2D eigenvalue weighted by atomic mass is 35.5. The number of alkyl halides is 2. The molecular formula is C10H10ClF2N. The van der Waals surface area contributed by atoms with Gasteiger partial charge < -0.3 is 5.32 Å². The quantitative estimate of drug-likeness (QED) is 0.803. The summed E-state index contributed by atoms with van der Waals surface area (Å²) in [5.41, 5.74) is 0.0106. The molecule has 0 unspecified atom stereocenters. The van der Waals surface area contributed by atoms with Crippen molar-refractivity contribution in [3.63, 3.8) is 0 Å². The highest BCUT2D eigenvalue weighted by molar-refractivity contribution is 6.30. The second-order valence-corrected chi connectivity index (χ2v) is 3.92. The summed E-state index contributed by atoms with van der Waals surface area (Å²) in [7, 11) is 0. The zero-order valence-electron chi connectivity index (χ0n) is 7.43. The highest BCUT2D eigenvalue weighted by Crippen LogP contribution is 2.38. The zero-order chi connectivity index (χ0) is 10.2. The summed E-state index contributed by atoms with van der Waals surface area (Å²) in [6.07, 6.45) is 0. The third-order valence-electron chi connectivity index (χ3n) is 2.50. The van der Waals surface area contributed by atoms with E-state index in [1.54, 1.807) is 12.1 Å². The molecule has 1 heterocycles. The molecule has 4 heteroatoms. The first-order valence-electron chi connectivity index (χ1n) is 4.45. The first kappa shape index (κ1) is 9.87. The average molecular weight is 218 g/mol. The van der Waals surface area contributed by atoms with Gasteiger partial charge in [-0.1, -0.05) is 23.7 Å². The minimum absolute atomic E-state index is 0.0106. The van der Waals surface area contributed by atoms with E-state index in [1.165, 1.54) is 12.1 Å². The summed E-state index contributed by atoms with van der Waals surface area (Å²) in [6, 6.07) is 5.90. The van der Waals surface area contributed by atoms with Crippen LogP contribution in [0.25, 0.3) is 0 Å². The fraction of sp³-hybridized carbons (Fsp3) is 0.400. The fourth-order valence-corrected chi connectivity index (χ4v) is 1.67. The molecule has 2 rings (SSSR count). The van der Waals surface area contributed by atoms with Gasteiger partial charge in [-0.05, 0) is 12.1 Å². The van der Waals surface area contributed by atoms with Crippen molar-refractivity contribution in [3.05, 3.63) is 34.9 Å². The van der Waals surface area contributed by atoms with Gasteiger partial charge in [0.1, 0.15) is 0 Å². The van der Waals surface area contributed by atoms with Gasteiger partial charge in [-0.15, -0.1) is 0 Å². The molecule has 0 atom stereocenters. The number of nitrogens with one attached hydrogen (secondary N) is 1. The minimum Gasteiger partial charge on any atom is -0.316 e. The summed E-state index contributed by atoms with van der Waals surface area (Å²) in [5.74, 6) is -3.36. The summed E-state index contributed by atoms with van der Waals surface area (Å²) in [6.45, 7) is 0.749. The molecule has 76 valence electrons. The van der Waals surface area contributed by atoms with Crippen LogP contribution >= 0.6 is 11.6 Å². The van der Waals surface area contributed by atoms with Gasteiger partial charge in [0.2, 0.25) is 0 Å². The lowest BCUT2D eigenvalue weighted by Crippen LogP contribution is -2.50. The third-order valence-corrected chi connectivity index (χ3v) is 2.74. The number of hydrogen-bond acceptors (Lipinski definition) is 1. The second kappa shape index (κ2) is 3.48. The van der Waals surface area contributed by atoms with Gasteiger partial charge >= 0.3 is 0 Å². The maximum Gasteiger partial charge on any atom is 0.278 e. The van der Waals surface area contributed by atoms with Crippen molar-refractivity contribution in [2.75, 3.05) is 13.1 Å². The molecule has 1 aromatic carbocycles. The second-order valence-electron chi connectivity index (χ2n) is 3.49. The molecule has 1 saturated heterocycles. The van der Waals surface area contributed by atoms with E-state index in [0.717, 1.165) is 0 Å². The Kier molecular flexibility index (Phi) is 2.45. The van der Waals surface area contributed by atoms with Gasteiger partial charge in [0.05, 0.1) is 5.92 Å². The van der Waals surface area contributed by atoms with Crippen LogP contribution in [0, 0.1) is 5.92 Å². The normalized spacial score (nSPS) is 17.9. The minimum atomic E-state index is -2.77. The molecule has 0 amide bonds. The van der Waals surface area contributed by atoms with Gasteiger partial charge in [0.25, 0.3) is 5.92 Å². The van der Waals surface area contributed by atoms with Crippen LogP contribution in [0.4, 0.5) is 8.78 Å². The van der Waals surface area contributed by atoms with Crippen LogP contribution in [0.3, 0.4) is 0 Å². The van der Waals surface area contributed by atoms with E-state index < -0.39 is 11.8 Å². The molecule has 0 bridgehead atoms. The first-order valence-corrected chi connectivity index (χ1v) is 4.83. The van der Waals surface area contributed by atoms with Crippen molar-refractivity contribution in [2.24, 2.45) is 5.92 Å². The summed E-state index contributed by atoms with van der Waals surface area (Å²) in [5, 5.41) is 3.19. The van der Waals surface area contributed by atoms with Crippen molar-refractivity contribution >= 4 is 11.6 Å². The maximum atomic E-state index is 13.7. The Morgan fingerprint density at radius 3 is 2.57 bits per heavy atom. The molecule has 1 aromatic rings. The van der Waals surface area contributed by atoms with Gasteiger partial charge in [0.15, 0.2) is 0 Å². The van der Waals surface area contributed by atoms with Crippen molar-refractivity contribution in [1.82, 2.24) is 5.32 Å². The molecule has 1 N–H and O–H groups in total. The highest BCUT2D eigenvalue weighted by Gasteiger charge is 2.44. The summed E-state index contributed by atoms with van der Waals surface area (Å²) >= 11 is 5.67. The number of hydrogen-bond donors (Lipinski definition) is 1. The topological polar surface area (TPSA) is 12.0 Å². The third kappa shape index (κ3) is 1.62. The van der Waals surface area contributed by atoms with Crippen LogP contribution in [-0.2, 0) is 5.92 Å². The Bertz CT molecular complexity index is 337. The van der Waals surface area contributed by atoms with E-state index in [1.807, 2.05) is 0 Å². The molecule has 1 fully saturated rings. The molecule has 1 aliphatic heterocycles.